The summed E-state index contributed by atoms with van der Waals surface area (Å²) < 4.78 is 0. The number of rotatable bonds is 0. The maximum absolute atomic E-state index is 2.33. The van der Waals surface area contributed by atoms with E-state index in [1.165, 1.54) is 43.4 Å². The molecule has 96 valence electrons. The fourth-order valence-corrected chi connectivity index (χ4v) is 3.17. The third-order valence-corrected chi connectivity index (χ3v) is 4.36. The van der Waals surface area contributed by atoms with Crippen molar-refractivity contribution in [3.63, 3.8) is 0 Å². The quantitative estimate of drug-likeness (QED) is 0.351. The SMILES string of the molecule is Cc1cc2c3ccccc3c3ccccc3c2cc1C. The van der Waals surface area contributed by atoms with Crippen LogP contribution in [0.4, 0.5) is 0 Å². The lowest BCUT2D eigenvalue weighted by molar-refractivity contribution is 1.37. The van der Waals surface area contributed by atoms with Crippen molar-refractivity contribution in [3.05, 3.63) is 71.8 Å². The molecule has 0 aliphatic rings. The number of fused-ring (bicyclic) bond motifs is 6. The van der Waals surface area contributed by atoms with Gasteiger partial charge in [0.05, 0.1) is 0 Å². The maximum atomic E-state index is 2.33. The predicted octanol–water partition coefficient (Wildman–Crippen LogP) is 5.76. The van der Waals surface area contributed by atoms with Gasteiger partial charge in [-0.05, 0) is 57.3 Å². The summed E-state index contributed by atoms with van der Waals surface area (Å²) in [4.78, 5) is 0. The first-order chi connectivity index (χ1) is 9.75. The molecule has 0 bridgehead atoms. The highest BCUT2D eigenvalue weighted by molar-refractivity contribution is 6.25. The van der Waals surface area contributed by atoms with Gasteiger partial charge in [-0.15, -0.1) is 0 Å². The van der Waals surface area contributed by atoms with E-state index in [1.54, 1.807) is 0 Å². The van der Waals surface area contributed by atoms with E-state index in [-0.39, 0.29) is 0 Å². The average Bonchev–Trinajstić information content (AvgIpc) is 2.49. The Morgan fingerprint density at radius 2 is 0.750 bits per heavy atom. The first-order valence-corrected chi connectivity index (χ1v) is 7.06. The Balaban J connectivity index is 2.42. The van der Waals surface area contributed by atoms with Crippen LogP contribution < -0.4 is 0 Å². The summed E-state index contributed by atoms with van der Waals surface area (Å²) in [6.07, 6.45) is 0. The summed E-state index contributed by atoms with van der Waals surface area (Å²) in [6, 6.07) is 22.1. The highest BCUT2D eigenvalue weighted by Gasteiger charge is 2.08. The second kappa shape index (κ2) is 4.08. The van der Waals surface area contributed by atoms with Crippen LogP contribution in [-0.2, 0) is 0 Å². The zero-order valence-electron chi connectivity index (χ0n) is 11.8. The Labute approximate surface area is 118 Å². The third-order valence-electron chi connectivity index (χ3n) is 4.36. The number of aryl methyl sites for hydroxylation is 2. The van der Waals surface area contributed by atoms with Gasteiger partial charge in [0, 0.05) is 0 Å². The van der Waals surface area contributed by atoms with Crippen LogP contribution >= 0.6 is 0 Å². The maximum Gasteiger partial charge on any atom is -0.00961 e. The topological polar surface area (TPSA) is 0 Å². The number of hydrogen-bond acceptors (Lipinski definition) is 0. The highest BCUT2D eigenvalue weighted by Crippen LogP contribution is 2.35. The summed E-state index contributed by atoms with van der Waals surface area (Å²) in [5, 5.41) is 8.12. The Morgan fingerprint density at radius 3 is 1.10 bits per heavy atom. The van der Waals surface area contributed by atoms with Crippen LogP contribution in [0.1, 0.15) is 11.1 Å². The van der Waals surface area contributed by atoms with Crippen LogP contribution in [0.25, 0.3) is 32.3 Å². The summed E-state index contributed by atoms with van der Waals surface area (Å²) >= 11 is 0. The van der Waals surface area contributed by atoms with Crippen molar-refractivity contribution in [1.29, 1.82) is 0 Å². The van der Waals surface area contributed by atoms with E-state index in [2.05, 4.69) is 74.5 Å². The van der Waals surface area contributed by atoms with E-state index in [4.69, 9.17) is 0 Å². The van der Waals surface area contributed by atoms with Gasteiger partial charge in [0.1, 0.15) is 0 Å². The lowest BCUT2D eigenvalue weighted by atomic mass is 9.92. The minimum absolute atomic E-state index is 1.35. The summed E-state index contributed by atoms with van der Waals surface area (Å²) in [5.41, 5.74) is 2.72. The molecule has 4 aromatic carbocycles. The summed E-state index contributed by atoms with van der Waals surface area (Å²) in [7, 11) is 0. The molecule has 0 fully saturated rings. The molecule has 0 heteroatoms. The molecule has 0 heterocycles. The lowest BCUT2D eigenvalue weighted by Gasteiger charge is -2.12. The molecule has 0 nitrogen and oxygen atoms in total. The first-order valence-electron chi connectivity index (χ1n) is 7.06. The van der Waals surface area contributed by atoms with Crippen LogP contribution in [0.5, 0.6) is 0 Å². The van der Waals surface area contributed by atoms with Crippen LogP contribution in [0.2, 0.25) is 0 Å². The monoisotopic (exact) mass is 256 g/mol. The predicted molar refractivity (Wildman–Crippen MR) is 88.4 cm³/mol. The molecule has 0 unspecified atom stereocenters. The molecule has 0 radical (unpaired) electrons. The van der Waals surface area contributed by atoms with Gasteiger partial charge < -0.3 is 0 Å². The molecule has 0 aliphatic carbocycles. The molecule has 0 spiro atoms. The Bertz CT molecular complexity index is 881. The molecule has 0 atom stereocenters. The normalized spacial score (nSPS) is 11.5. The molecule has 0 aliphatic heterocycles. The molecule has 0 amide bonds. The second-order valence-electron chi connectivity index (χ2n) is 5.57. The Hall–Kier alpha value is -2.34. The molecular weight excluding hydrogens is 240 g/mol. The molecule has 0 saturated carbocycles. The standard InChI is InChI=1S/C20H16/c1-13-11-19-17-9-5-3-7-15(17)16-8-4-6-10-18(16)20(19)12-14(13)2/h3-12H,1-2H3. The van der Waals surface area contributed by atoms with E-state index in [9.17, 15) is 0 Å². The van der Waals surface area contributed by atoms with Crippen molar-refractivity contribution in [2.45, 2.75) is 13.8 Å². The summed E-state index contributed by atoms with van der Waals surface area (Å²) in [6.45, 7) is 4.39. The minimum Gasteiger partial charge on any atom is -0.0616 e. The van der Waals surface area contributed by atoms with E-state index < -0.39 is 0 Å². The van der Waals surface area contributed by atoms with Crippen LogP contribution in [0.3, 0.4) is 0 Å². The van der Waals surface area contributed by atoms with Crippen molar-refractivity contribution in [3.8, 4) is 0 Å². The van der Waals surface area contributed by atoms with Crippen LogP contribution in [0.15, 0.2) is 60.7 Å². The molecule has 0 N–H and O–H groups in total. The van der Waals surface area contributed by atoms with Gasteiger partial charge in [-0.3, -0.25) is 0 Å². The van der Waals surface area contributed by atoms with Crippen molar-refractivity contribution >= 4 is 32.3 Å². The smallest absolute Gasteiger partial charge is 0.00961 e. The van der Waals surface area contributed by atoms with Crippen molar-refractivity contribution in [2.75, 3.05) is 0 Å². The van der Waals surface area contributed by atoms with E-state index >= 15 is 0 Å². The molecule has 20 heavy (non-hydrogen) atoms. The largest absolute Gasteiger partial charge is 0.0616 e. The number of hydrogen-bond donors (Lipinski definition) is 0. The van der Waals surface area contributed by atoms with Gasteiger partial charge in [0.15, 0.2) is 0 Å². The Morgan fingerprint density at radius 1 is 0.450 bits per heavy atom. The first kappa shape index (κ1) is 11.5. The fraction of sp³-hybridized carbons (Fsp3) is 0.100. The van der Waals surface area contributed by atoms with Crippen LogP contribution in [-0.4, -0.2) is 0 Å². The van der Waals surface area contributed by atoms with Crippen molar-refractivity contribution < 1.29 is 0 Å². The van der Waals surface area contributed by atoms with Gasteiger partial charge in [-0.2, -0.15) is 0 Å². The summed E-state index contributed by atoms with van der Waals surface area (Å²) in [5.74, 6) is 0. The minimum atomic E-state index is 1.35. The number of benzene rings is 4. The molecule has 0 saturated heterocycles. The average molecular weight is 256 g/mol. The molecule has 4 aromatic rings. The van der Waals surface area contributed by atoms with Gasteiger partial charge >= 0.3 is 0 Å². The lowest BCUT2D eigenvalue weighted by Crippen LogP contribution is -1.86. The second-order valence-corrected chi connectivity index (χ2v) is 5.57. The Kier molecular flexibility index (Phi) is 2.34. The third kappa shape index (κ3) is 1.48. The van der Waals surface area contributed by atoms with Gasteiger partial charge in [0.2, 0.25) is 0 Å². The van der Waals surface area contributed by atoms with Gasteiger partial charge in [-0.25, -0.2) is 0 Å². The van der Waals surface area contributed by atoms with Crippen molar-refractivity contribution in [2.24, 2.45) is 0 Å². The highest BCUT2D eigenvalue weighted by atomic mass is 14.1. The van der Waals surface area contributed by atoms with Gasteiger partial charge in [-0.1, -0.05) is 60.7 Å². The molecule has 0 aromatic heterocycles. The van der Waals surface area contributed by atoms with E-state index in [1.807, 2.05) is 0 Å². The zero-order valence-corrected chi connectivity index (χ0v) is 11.8. The molecular formula is C20H16. The van der Waals surface area contributed by atoms with Crippen LogP contribution in [0, 0.1) is 13.8 Å². The van der Waals surface area contributed by atoms with E-state index in [0.717, 1.165) is 0 Å². The van der Waals surface area contributed by atoms with E-state index in [0.29, 0.717) is 0 Å². The molecule has 4 rings (SSSR count). The zero-order chi connectivity index (χ0) is 13.7. The van der Waals surface area contributed by atoms with Crippen molar-refractivity contribution in [1.82, 2.24) is 0 Å². The van der Waals surface area contributed by atoms with Gasteiger partial charge in [0.25, 0.3) is 0 Å². The fourth-order valence-electron chi connectivity index (χ4n) is 3.17.